The van der Waals surface area contributed by atoms with E-state index in [1.165, 1.54) is 24.2 Å². The largest absolute Gasteiger partial charge is 0.488 e. The third kappa shape index (κ3) is 5.25. The minimum Gasteiger partial charge on any atom is -0.488 e. The van der Waals surface area contributed by atoms with Gasteiger partial charge in [0.15, 0.2) is 0 Å². The highest BCUT2D eigenvalue weighted by atomic mass is 79.9. The van der Waals surface area contributed by atoms with Gasteiger partial charge in [-0.05, 0) is 76.3 Å². The van der Waals surface area contributed by atoms with E-state index in [1.54, 1.807) is 12.1 Å². The Hall–Kier alpha value is -2.56. The average Bonchev–Trinajstić information content (AvgIpc) is 3.06. The lowest BCUT2D eigenvalue weighted by atomic mass is 9.89. The van der Waals surface area contributed by atoms with Crippen molar-refractivity contribution in [1.82, 2.24) is 4.90 Å². The van der Waals surface area contributed by atoms with E-state index in [9.17, 15) is 14.9 Å². The number of ether oxygens (including phenoxy) is 1. The summed E-state index contributed by atoms with van der Waals surface area (Å²) >= 11 is 4.53. The van der Waals surface area contributed by atoms with Crippen molar-refractivity contribution in [2.45, 2.75) is 38.7 Å². The average molecular weight is 511 g/mol. The van der Waals surface area contributed by atoms with E-state index in [2.05, 4.69) is 22.0 Å². The molecule has 2 aliphatic rings. The van der Waals surface area contributed by atoms with E-state index in [0.717, 1.165) is 40.2 Å². The molecule has 4 rings (SSSR count). The molecule has 1 aliphatic heterocycles. The lowest BCUT2D eigenvalue weighted by molar-refractivity contribution is -0.123. The molecule has 0 N–H and O–H groups in total. The zero-order valence-corrected chi connectivity index (χ0v) is 20.0. The summed E-state index contributed by atoms with van der Waals surface area (Å²) in [6, 6.07) is 15.0. The van der Waals surface area contributed by atoms with Crippen LogP contribution in [0.2, 0.25) is 0 Å². The zero-order valence-electron chi connectivity index (χ0n) is 17.6. The van der Waals surface area contributed by atoms with Gasteiger partial charge in [-0.1, -0.05) is 43.5 Å². The zero-order chi connectivity index (χ0) is 22.5. The Morgan fingerprint density at radius 2 is 1.94 bits per heavy atom. The number of rotatable bonds is 6. The van der Waals surface area contributed by atoms with Crippen LogP contribution in [0.4, 0.5) is 4.79 Å². The number of benzene rings is 2. The van der Waals surface area contributed by atoms with Gasteiger partial charge in [0.1, 0.15) is 12.4 Å². The summed E-state index contributed by atoms with van der Waals surface area (Å²) < 4.78 is 6.62. The number of hydrogen-bond acceptors (Lipinski definition) is 5. The van der Waals surface area contributed by atoms with Crippen molar-refractivity contribution >= 4 is 44.9 Å². The number of nitrogens with zero attached hydrogens (tertiary/aromatic N) is 2. The predicted octanol–water partition coefficient (Wildman–Crippen LogP) is 6.52. The Bertz CT molecular complexity index is 1100. The third-order valence-corrected chi connectivity index (χ3v) is 7.34. The van der Waals surface area contributed by atoms with E-state index < -0.39 is 0 Å². The van der Waals surface area contributed by atoms with Crippen molar-refractivity contribution in [3.8, 4) is 11.8 Å². The van der Waals surface area contributed by atoms with Gasteiger partial charge in [-0.15, -0.1) is 0 Å². The molecule has 0 aromatic heterocycles. The van der Waals surface area contributed by atoms with E-state index in [4.69, 9.17) is 4.74 Å². The van der Waals surface area contributed by atoms with Crippen LogP contribution in [0.3, 0.4) is 0 Å². The second-order valence-electron chi connectivity index (χ2n) is 8.04. The summed E-state index contributed by atoms with van der Waals surface area (Å²) in [7, 11) is 0. The van der Waals surface area contributed by atoms with Crippen molar-refractivity contribution < 1.29 is 14.3 Å². The van der Waals surface area contributed by atoms with Gasteiger partial charge in [-0.2, -0.15) is 5.26 Å². The molecule has 32 heavy (non-hydrogen) atoms. The molecule has 2 aromatic carbocycles. The fourth-order valence-electron chi connectivity index (χ4n) is 4.07. The van der Waals surface area contributed by atoms with Crippen LogP contribution in [0.5, 0.6) is 5.75 Å². The predicted molar refractivity (Wildman–Crippen MR) is 129 cm³/mol. The molecule has 7 heteroatoms. The lowest BCUT2D eigenvalue weighted by Crippen LogP contribution is -2.34. The monoisotopic (exact) mass is 510 g/mol. The molecule has 2 amide bonds. The maximum Gasteiger partial charge on any atom is 0.293 e. The molecule has 1 saturated heterocycles. The second kappa shape index (κ2) is 10.4. The Morgan fingerprint density at radius 1 is 1.16 bits per heavy atom. The van der Waals surface area contributed by atoms with Crippen molar-refractivity contribution in [3.63, 3.8) is 0 Å². The van der Waals surface area contributed by atoms with Gasteiger partial charge >= 0.3 is 0 Å². The van der Waals surface area contributed by atoms with Crippen LogP contribution in [0.15, 0.2) is 51.8 Å². The minimum absolute atomic E-state index is 0.179. The molecule has 1 heterocycles. The summed E-state index contributed by atoms with van der Waals surface area (Å²) in [5.41, 5.74) is 2.21. The SMILES string of the molecule is N#Cc1ccccc1COc1ccc(/C=C2/SC(=O)N(CC3CCCCC3)C2=O)cc1Br. The summed E-state index contributed by atoms with van der Waals surface area (Å²) in [5.74, 6) is 0.865. The van der Waals surface area contributed by atoms with E-state index in [-0.39, 0.29) is 17.8 Å². The molecule has 0 radical (unpaired) electrons. The van der Waals surface area contributed by atoms with Crippen molar-refractivity contribution in [2.75, 3.05) is 6.54 Å². The van der Waals surface area contributed by atoms with E-state index in [1.807, 2.05) is 36.4 Å². The maximum atomic E-state index is 12.8. The first kappa shape index (κ1) is 22.6. The Balaban J connectivity index is 1.43. The van der Waals surface area contributed by atoms with Crippen molar-refractivity contribution in [2.24, 2.45) is 5.92 Å². The molecule has 2 aromatic rings. The number of halogens is 1. The number of thioether (sulfide) groups is 1. The summed E-state index contributed by atoms with van der Waals surface area (Å²) in [6.07, 6.45) is 7.55. The summed E-state index contributed by atoms with van der Waals surface area (Å²) in [6.45, 7) is 0.810. The van der Waals surface area contributed by atoms with Crippen LogP contribution in [0.25, 0.3) is 6.08 Å². The summed E-state index contributed by atoms with van der Waals surface area (Å²) in [4.78, 5) is 27.1. The third-order valence-electron chi connectivity index (χ3n) is 5.81. The minimum atomic E-state index is -0.199. The Kier molecular flexibility index (Phi) is 7.33. The molecule has 1 aliphatic carbocycles. The van der Waals surface area contributed by atoms with Crippen LogP contribution in [-0.2, 0) is 11.4 Å². The molecule has 0 spiro atoms. The van der Waals surface area contributed by atoms with Crippen LogP contribution in [0.1, 0.15) is 48.8 Å². The van der Waals surface area contributed by atoms with Gasteiger partial charge in [0.05, 0.1) is 21.0 Å². The maximum absolute atomic E-state index is 12.8. The normalized spacial score (nSPS) is 18.2. The number of hydrogen-bond donors (Lipinski definition) is 0. The molecule has 1 saturated carbocycles. The second-order valence-corrected chi connectivity index (χ2v) is 9.89. The molecular formula is C25H23BrN2O3S. The van der Waals surface area contributed by atoms with Crippen molar-refractivity contribution in [1.29, 1.82) is 5.26 Å². The smallest absolute Gasteiger partial charge is 0.293 e. The Labute approximate surface area is 200 Å². The lowest BCUT2D eigenvalue weighted by Gasteiger charge is -2.25. The standard InChI is InChI=1S/C25H23BrN2O3S/c26-21-12-18(10-11-22(21)31-16-20-9-5-4-8-19(20)14-27)13-23-24(29)28(25(30)32-23)15-17-6-2-1-3-7-17/h4-5,8-13,17H,1-3,6-7,15-16H2/b23-13+. The molecule has 0 bridgehead atoms. The van der Waals surface area contributed by atoms with Gasteiger partial charge in [0.2, 0.25) is 0 Å². The van der Waals surface area contributed by atoms with Gasteiger partial charge in [0.25, 0.3) is 11.1 Å². The number of amides is 2. The molecule has 2 fully saturated rings. The number of carbonyl (C=O) groups excluding carboxylic acids is 2. The van der Waals surface area contributed by atoms with Gasteiger partial charge < -0.3 is 4.74 Å². The van der Waals surface area contributed by atoms with Crippen LogP contribution in [0, 0.1) is 17.2 Å². The van der Waals surface area contributed by atoms with E-state index >= 15 is 0 Å². The van der Waals surface area contributed by atoms with Crippen LogP contribution < -0.4 is 4.74 Å². The molecule has 164 valence electrons. The van der Waals surface area contributed by atoms with E-state index in [0.29, 0.717) is 28.7 Å². The first-order valence-electron chi connectivity index (χ1n) is 10.7. The topological polar surface area (TPSA) is 70.4 Å². The molecule has 5 nitrogen and oxygen atoms in total. The summed E-state index contributed by atoms with van der Waals surface area (Å²) in [5, 5.41) is 9.04. The van der Waals surface area contributed by atoms with Gasteiger partial charge in [-0.3, -0.25) is 14.5 Å². The molecular weight excluding hydrogens is 488 g/mol. The molecule has 0 unspecified atom stereocenters. The highest BCUT2D eigenvalue weighted by Crippen LogP contribution is 2.36. The first-order chi connectivity index (χ1) is 15.5. The van der Waals surface area contributed by atoms with Crippen molar-refractivity contribution in [3.05, 3.63) is 68.5 Å². The first-order valence-corrected chi connectivity index (χ1v) is 12.3. The quantitative estimate of drug-likeness (QED) is 0.413. The number of nitriles is 1. The highest BCUT2D eigenvalue weighted by molar-refractivity contribution is 9.10. The number of carbonyl (C=O) groups is 2. The fraction of sp³-hybridized carbons (Fsp3) is 0.320. The Morgan fingerprint density at radius 3 is 2.69 bits per heavy atom. The molecule has 0 atom stereocenters. The van der Waals surface area contributed by atoms with Gasteiger partial charge in [0, 0.05) is 12.1 Å². The fourth-order valence-corrected chi connectivity index (χ4v) is 5.43. The highest BCUT2D eigenvalue weighted by Gasteiger charge is 2.36. The van der Waals surface area contributed by atoms with Crippen LogP contribution in [-0.4, -0.2) is 22.6 Å². The van der Waals surface area contributed by atoms with Gasteiger partial charge in [-0.25, -0.2) is 0 Å². The number of imide groups is 1. The van der Waals surface area contributed by atoms with Crippen LogP contribution >= 0.6 is 27.7 Å².